The zero-order valence-corrected chi connectivity index (χ0v) is 16.7. The van der Waals surface area contributed by atoms with Crippen LogP contribution >= 0.6 is 0 Å². The van der Waals surface area contributed by atoms with Gasteiger partial charge in [-0.25, -0.2) is 0 Å². The monoisotopic (exact) mass is 381 g/mol. The van der Waals surface area contributed by atoms with Crippen molar-refractivity contribution in [1.29, 1.82) is 0 Å². The topological polar surface area (TPSA) is 48.0 Å². The highest BCUT2D eigenvalue weighted by Gasteiger charge is 2.51. The molecule has 0 radical (unpaired) electrons. The van der Waals surface area contributed by atoms with Crippen LogP contribution in [0.4, 0.5) is 0 Å². The van der Waals surface area contributed by atoms with E-state index in [2.05, 4.69) is 12.1 Å². The Morgan fingerprint density at radius 3 is 2.71 bits per heavy atom. The van der Waals surface area contributed by atoms with Crippen LogP contribution in [0.1, 0.15) is 41.8 Å². The normalized spacial score (nSPS) is 24.3. The number of nitrogens with zero attached hydrogens (tertiary/aromatic N) is 1. The van der Waals surface area contributed by atoms with E-state index in [1.807, 2.05) is 62.1 Å². The smallest absolute Gasteiger partial charge is 0.253 e. The van der Waals surface area contributed by atoms with Gasteiger partial charge in [0.05, 0.1) is 12.6 Å². The molecule has 5 heteroatoms. The fourth-order valence-electron chi connectivity index (χ4n) is 4.14. The summed E-state index contributed by atoms with van der Waals surface area (Å²) in [4.78, 5) is 15.0. The third kappa shape index (κ3) is 3.40. The van der Waals surface area contributed by atoms with Crippen LogP contribution in [0.25, 0.3) is 0 Å². The molecular weight excluding hydrogens is 354 g/mol. The van der Waals surface area contributed by atoms with Gasteiger partial charge in [0.25, 0.3) is 5.91 Å². The summed E-state index contributed by atoms with van der Waals surface area (Å²) in [5.41, 5.74) is 2.31. The molecule has 2 aliphatic heterocycles. The molecule has 2 aliphatic rings. The standard InChI is InChI=1S/C23H27NO4/c1-16(2)28-20-10-9-18(13-17(20)3)22(25)24-12-11-23(19-7-5-4-6-8-19)21(14-24)26-15-27-23/h4-10,13,16,21H,11-12,14-15H2,1-3H3/t21-,23-/m0/s1. The zero-order chi connectivity index (χ0) is 19.7. The van der Waals surface area contributed by atoms with Crippen LogP contribution in [0.3, 0.4) is 0 Å². The van der Waals surface area contributed by atoms with Gasteiger partial charge in [0.2, 0.25) is 0 Å². The maximum Gasteiger partial charge on any atom is 0.253 e. The molecule has 0 aromatic heterocycles. The molecule has 1 amide bonds. The second-order valence-electron chi connectivity index (χ2n) is 7.82. The number of hydrogen-bond acceptors (Lipinski definition) is 4. The van der Waals surface area contributed by atoms with E-state index in [-0.39, 0.29) is 24.9 Å². The first-order valence-electron chi connectivity index (χ1n) is 9.87. The highest BCUT2D eigenvalue weighted by atomic mass is 16.7. The van der Waals surface area contributed by atoms with Crippen molar-refractivity contribution in [2.45, 2.75) is 45.0 Å². The second kappa shape index (κ2) is 7.57. The van der Waals surface area contributed by atoms with E-state index in [1.54, 1.807) is 0 Å². The van der Waals surface area contributed by atoms with Crippen LogP contribution in [0.2, 0.25) is 0 Å². The Morgan fingerprint density at radius 1 is 1.21 bits per heavy atom. The molecule has 4 rings (SSSR count). The number of rotatable bonds is 4. The number of carbonyl (C=O) groups excluding carboxylic acids is 1. The molecule has 148 valence electrons. The Hall–Kier alpha value is -2.37. The molecule has 2 atom stereocenters. The number of hydrogen-bond donors (Lipinski definition) is 0. The van der Waals surface area contributed by atoms with Gasteiger partial charge in [-0.2, -0.15) is 0 Å². The van der Waals surface area contributed by atoms with E-state index in [0.29, 0.717) is 18.7 Å². The molecule has 0 spiro atoms. The van der Waals surface area contributed by atoms with Crippen molar-refractivity contribution in [3.8, 4) is 5.75 Å². The van der Waals surface area contributed by atoms with Gasteiger partial charge in [-0.1, -0.05) is 30.3 Å². The Bertz CT molecular complexity index is 851. The van der Waals surface area contributed by atoms with E-state index in [1.165, 1.54) is 0 Å². The van der Waals surface area contributed by atoms with Gasteiger partial charge in [-0.3, -0.25) is 4.79 Å². The molecule has 2 saturated heterocycles. The fraction of sp³-hybridized carbons (Fsp3) is 0.435. The number of amides is 1. The van der Waals surface area contributed by atoms with Crippen molar-refractivity contribution < 1.29 is 19.0 Å². The van der Waals surface area contributed by atoms with Crippen LogP contribution < -0.4 is 4.74 Å². The first-order valence-corrected chi connectivity index (χ1v) is 9.87. The Kier molecular flexibility index (Phi) is 5.13. The van der Waals surface area contributed by atoms with Crippen LogP contribution in [0.15, 0.2) is 48.5 Å². The van der Waals surface area contributed by atoms with Gasteiger partial charge in [-0.15, -0.1) is 0 Å². The van der Waals surface area contributed by atoms with E-state index in [0.717, 1.165) is 23.3 Å². The second-order valence-corrected chi connectivity index (χ2v) is 7.82. The number of likely N-dealkylation sites (tertiary alicyclic amines) is 1. The Morgan fingerprint density at radius 2 is 2.00 bits per heavy atom. The minimum absolute atomic E-state index is 0.0244. The molecule has 0 unspecified atom stereocenters. The number of benzene rings is 2. The van der Waals surface area contributed by atoms with Gasteiger partial charge in [0, 0.05) is 18.5 Å². The van der Waals surface area contributed by atoms with E-state index >= 15 is 0 Å². The van der Waals surface area contributed by atoms with Crippen molar-refractivity contribution in [1.82, 2.24) is 4.90 Å². The van der Waals surface area contributed by atoms with Crippen molar-refractivity contribution >= 4 is 5.91 Å². The predicted octanol–water partition coefficient (Wildman–Crippen LogP) is 3.90. The minimum atomic E-state index is -0.455. The van der Waals surface area contributed by atoms with Gasteiger partial charge in [0.15, 0.2) is 0 Å². The molecule has 28 heavy (non-hydrogen) atoms. The third-order valence-electron chi connectivity index (χ3n) is 5.58. The minimum Gasteiger partial charge on any atom is -0.491 e. The van der Waals surface area contributed by atoms with Crippen molar-refractivity contribution in [2.24, 2.45) is 0 Å². The van der Waals surface area contributed by atoms with E-state index in [9.17, 15) is 4.79 Å². The fourth-order valence-corrected chi connectivity index (χ4v) is 4.14. The van der Waals surface area contributed by atoms with Gasteiger partial charge < -0.3 is 19.1 Å². The quantitative estimate of drug-likeness (QED) is 0.806. The van der Waals surface area contributed by atoms with Crippen LogP contribution in [0.5, 0.6) is 5.75 Å². The summed E-state index contributed by atoms with van der Waals surface area (Å²) in [7, 11) is 0. The average molecular weight is 381 g/mol. The van der Waals surface area contributed by atoms with Crippen molar-refractivity contribution in [2.75, 3.05) is 19.9 Å². The summed E-state index contributed by atoms with van der Waals surface area (Å²) in [6.07, 6.45) is 0.672. The number of fused-ring (bicyclic) bond motifs is 1. The maximum absolute atomic E-state index is 13.1. The van der Waals surface area contributed by atoms with Gasteiger partial charge in [-0.05, 0) is 50.1 Å². The van der Waals surface area contributed by atoms with Crippen molar-refractivity contribution in [3.05, 3.63) is 65.2 Å². The van der Waals surface area contributed by atoms with Crippen LogP contribution in [0, 0.1) is 6.92 Å². The Balaban J connectivity index is 1.51. The summed E-state index contributed by atoms with van der Waals surface area (Å²) in [5.74, 6) is 0.845. The molecule has 0 bridgehead atoms. The highest BCUT2D eigenvalue weighted by Crippen LogP contribution is 2.42. The lowest BCUT2D eigenvalue weighted by molar-refractivity contribution is -0.0439. The molecule has 2 aromatic rings. The number of ether oxygens (including phenoxy) is 3. The van der Waals surface area contributed by atoms with Crippen LogP contribution in [-0.2, 0) is 15.1 Å². The van der Waals surface area contributed by atoms with Gasteiger partial charge >= 0.3 is 0 Å². The lowest BCUT2D eigenvalue weighted by atomic mass is 9.82. The number of carbonyl (C=O) groups is 1. The molecule has 2 fully saturated rings. The molecule has 2 aromatic carbocycles. The third-order valence-corrected chi connectivity index (χ3v) is 5.58. The van der Waals surface area contributed by atoms with Crippen molar-refractivity contribution in [3.63, 3.8) is 0 Å². The molecule has 5 nitrogen and oxygen atoms in total. The SMILES string of the molecule is Cc1cc(C(=O)N2CC[C@@]3(c4ccccc4)OCO[C@H]3C2)ccc1OC(C)C. The molecular formula is C23H27NO4. The summed E-state index contributed by atoms with van der Waals surface area (Å²) in [6.45, 7) is 7.39. The van der Waals surface area contributed by atoms with E-state index < -0.39 is 5.60 Å². The number of aryl methyl sites for hydroxylation is 1. The molecule has 0 N–H and O–H groups in total. The summed E-state index contributed by atoms with van der Waals surface area (Å²) in [6, 6.07) is 15.8. The van der Waals surface area contributed by atoms with E-state index in [4.69, 9.17) is 14.2 Å². The van der Waals surface area contributed by atoms with Crippen LogP contribution in [-0.4, -0.2) is 42.9 Å². The highest BCUT2D eigenvalue weighted by molar-refractivity contribution is 5.94. The lowest BCUT2D eigenvalue weighted by Gasteiger charge is -2.42. The maximum atomic E-state index is 13.1. The predicted molar refractivity (Wildman–Crippen MR) is 106 cm³/mol. The lowest BCUT2D eigenvalue weighted by Crippen LogP contribution is -2.53. The first kappa shape index (κ1) is 19.0. The number of piperidine rings is 1. The van der Waals surface area contributed by atoms with Gasteiger partial charge in [0.1, 0.15) is 24.2 Å². The average Bonchev–Trinajstić information content (AvgIpc) is 3.13. The molecule has 0 aliphatic carbocycles. The summed E-state index contributed by atoms with van der Waals surface area (Å²) in [5, 5.41) is 0. The summed E-state index contributed by atoms with van der Waals surface area (Å²) >= 11 is 0. The first-order chi connectivity index (χ1) is 13.5. The largest absolute Gasteiger partial charge is 0.491 e. The zero-order valence-electron chi connectivity index (χ0n) is 16.7. The molecule has 2 heterocycles. The summed E-state index contributed by atoms with van der Waals surface area (Å²) < 4.78 is 17.7. The molecule has 0 saturated carbocycles. The Labute approximate surface area is 166 Å².